The maximum absolute atomic E-state index is 13.5. The molecule has 2 heterocycles. The summed E-state index contributed by atoms with van der Waals surface area (Å²) in [7, 11) is 0. The first-order valence-corrected chi connectivity index (χ1v) is 7.40. The monoisotopic (exact) mass is 325 g/mol. The number of nitrogens with zero attached hydrogens (tertiary/aromatic N) is 3. The average Bonchev–Trinajstić information content (AvgIpc) is 3.11. The van der Waals surface area contributed by atoms with Crippen molar-refractivity contribution in [2.45, 2.75) is 13.0 Å². The van der Waals surface area contributed by atoms with E-state index in [1.54, 1.807) is 10.9 Å². The number of aromatic nitrogens is 3. The zero-order valence-electron chi connectivity index (χ0n) is 13.0. The van der Waals surface area contributed by atoms with Gasteiger partial charge in [-0.3, -0.25) is 4.98 Å². The average molecular weight is 325 g/mol. The standard InChI is InChI=1S/C17H16FN5O/c1-12(21-17(24)22-16-7-9-19-11-15(16)18)13-3-5-14(6-4-13)23-10-2-8-20-23/h2-12H,1H3,(H2,19,21,22,24)/t12-/m0/s1. The van der Waals surface area contributed by atoms with Crippen molar-refractivity contribution in [1.82, 2.24) is 20.1 Å². The Morgan fingerprint density at radius 3 is 2.67 bits per heavy atom. The van der Waals surface area contributed by atoms with Crippen LogP contribution in [0.1, 0.15) is 18.5 Å². The largest absolute Gasteiger partial charge is 0.331 e. The van der Waals surface area contributed by atoms with Crippen LogP contribution in [0.4, 0.5) is 14.9 Å². The molecular formula is C17H16FN5O. The molecule has 6 nitrogen and oxygen atoms in total. The highest BCUT2D eigenvalue weighted by atomic mass is 19.1. The van der Waals surface area contributed by atoms with Gasteiger partial charge in [0.2, 0.25) is 0 Å². The van der Waals surface area contributed by atoms with Gasteiger partial charge in [0.05, 0.1) is 23.6 Å². The molecule has 2 aromatic heterocycles. The molecule has 0 fully saturated rings. The summed E-state index contributed by atoms with van der Waals surface area (Å²) in [4.78, 5) is 15.6. The van der Waals surface area contributed by atoms with E-state index in [0.29, 0.717) is 0 Å². The number of benzene rings is 1. The number of pyridine rings is 1. The van der Waals surface area contributed by atoms with E-state index in [4.69, 9.17) is 0 Å². The minimum absolute atomic E-state index is 0.0868. The number of urea groups is 1. The van der Waals surface area contributed by atoms with E-state index in [1.165, 1.54) is 12.3 Å². The second kappa shape index (κ2) is 6.91. The molecule has 0 bridgehead atoms. The van der Waals surface area contributed by atoms with Gasteiger partial charge in [-0.25, -0.2) is 13.9 Å². The van der Waals surface area contributed by atoms with Crippen molar-refractivity contribution < 1.29 is 9.18 Å². The SMILES string of the molecule is C[C@H](NC(=O)Nc1ccncc1F)c1ccc(-n2cccn2)cc1. The first kappa shape index (κ1) is 15.7. The van der Waals surface area contributed by atoms with Crippen LogP contribution in [-0.4, -0.2) is 20.8 Å². The predicted molar refractivity (Wildman–Crippen MR) is 88.3 cm³/mol. The van der Waals surface area contributed by atoms with Crippen molar-refractivity contribution >= 4 is 11.7 Å². The van der Waals surface area contributed by atoms with Crippen LogP contribution in [0.2, 0.25) is 0 Å². The zero-order valence-corrected chi connectivity index (χ0v) is 13.0. The normalized spacial score (nSPS) is 11.8. The molecule has 0 unspecified atom stereocenters. The summed E-state index contributed by atoms with van der Waals surface area (Å²) in [5.41, 5.74) is 1.94. The molecule has 0 radical (unpaired) electrons. The Kier molecular flexibility index (Phi) is 4.51. The fraction of sp³-hybridized carbons (Fsp3) is 0.118. The lowest BCUT2D eigenvalue weighted by Gasteiger charge is -2.15. The zero-order chi connectivity index (χ0) is 16.9. The maximum Gasteiger partial charge on any atom is 0.319 e. The minimum atomic E-state index is -0.580. The van der Waals surface area contributed by atoms with Gasteiger partial charge in [-0.05, 0) is 36.8 Å². The van der Waals surface area contributed by atoms with Gasteiger partial charge in [0.1, 0.15) is 0 Å². The highest BCUT2D eigenvalue weighted by Gasteiger charge is 2.11. The Hall–Kier alpha value is -3.22. The Morgan fingerprint density at radius 2 is 2.00 bits per heavy atom. The number of nitrogens with one attached hydrogen (secondary N) is 2. The van der Waals surface area contributed by atoms with Crippen molar-refractivity contribution in [1.29, 1.82) is 0 Å². The maximum atomic E-state index is 13.5. The summed E-state index contributed by atoms with van der Waals surface area (Å²) in [5, 5.41) is 9.39. The first-order valence-electron chi connectivity index (χ1n) is 7.40. The molecule has 2 amide bonds. The fourth-order valence-electron chi connectivity index (χ4n) is 2.25. The topological polar surface area (TPSA) is 71.8 Å². The van der Waals surface area contributed by atoms with Crippen LogP contribution >= 0.6 is 0 Å². The lowest BCUT2D eigenvalue weighted by Crippen LogP contribution is -2.31. The van der Waals surface area contributed by atoms with E-state index in [-0.39, 0.29) is 11.7 Å². The molecular weight excluding hydrogens is 309 g/mol. The summed E-state index contributed by atoms with van der Waals surface area (Å²) in [6, 6.07) is 10.2. The van der Waals surface area contributed by atoms with E-state index in [1.807, 2.05) is 43.5 Å². The van der Waals surface area contributed by atoms with Crippen LogP contribution in [0.25, 0.3) is 5.69 Å². The van der Waals surface area contributed by atoms with Gasteiger partial charge < -0.3 is 10.6 Å². The minimum Gasteiger partial charge on any atom is -0.331 e. The van der Waals surface area contributed by atoms with Crippen LogP contribution in [0.5, 0.6) is 0 Å². The van der Waals surface area contributed by atoms with E-state index < -0.39 is 11.8 Å². The van der Waals surface area contributed by atoms with Gasteiger partial charge in [-0.2, -0.15) is 5.10 Å². The number of hydrogen-bond donors (Lipinski definition) is 2. The fourth-order valence-corrected chi connectivity index (χ4v) is 2.25. The van der Waals surface area contributed by atoms with Crippen LogP contribution in [-0.2, 0) is 0 Å². The van der Waals surface area contributed by atoms with Crippen molar-refractivity contribution in [3.05, 3.63) is 72.6 Å². The smallest absolute Gasteiger partial charge is 0.319 e. The molecule has 1 atom stereocenters. The van der Waals surface area contributed by atoms with Crippen LogP contribution in [0.3, 0.4) is 0 Å². The van der Waals surface area contributed by atoms with Gasteiger partial charge in [0.15, 0.2) is 5.82 Å². The van der Waals surface area contributed by atoms with Crippen molar-refractivity contribution in [2.24, 2.45) is 0 Å². The molecule has 3 aromatic rings. The highest BCUT2D eigenvalue weighted by molar-refractivity contribution is 5.89. The van der Waals surface area contributed by atoms with Crippen molar-refractivity contribution in [2.75, 3.05) is 5.32 Å². The third kappa shape index (κ3) is 3.57. The molecule has 1 aromatic carbocycles. The number of amides is 2. The lowest BCUT2D eigenvalue weighted by atomic mass is 10.1. The van der Waals surface area contributed by atoms with Gasteiger partial charge in [0, 0.05) is 18.6 Å². The number of anilines is 1. The van der Waals surface area contributed by atoms with Crippen molar-refractivity contribution in [3.8, 4) is 5.69 Å². The van der Waals surface area contributed by atoms with Crippen LogP contribution in [0, 0.1) is 5.82 Å². The molecule has 0 aliphatic carbocycles. The summed E-state index contributed by atoms with van der Waals surface area (Å²) in [6.45, 7) is 1.85. The van der Waals surface area contributed by atoms with Crippen LogP contribution < -0.4 is 10.6 Å². The Bertz CT molecular complexity index is 817. The Morgan fingerprint density at radius 1 is 1.21 bits per heavy atom. The summed E-state index contributed by atoms with van der Waals surface area (Å²) in [6.07, 6.45) is 6.03. The Labute approximate surface area is 138 Å². The van der Waals surface area contributed by atoms with E-state index in [2.05, 4.69) is 20.7 Å². The molecule has 0 aliphatic heterocycles. The summed E-state index contributed by atoms with van der Waals surface area (Å²) < 4.78 is 15.2. The second-order valence-electron chi connectivity index (χ2n) is 5.22. The number of halogens is 1. The Balaban J connectivity index is 1.63. The second-order valence-corrected chi connectivity index (χ2v) is 5.22. The third-order valence-corrected chi connectivity index (χ3v) is 3.53. The predicted octanol–water partition coefficient (Wildman–Crippen LogP) is 3.29. The molecule has 0 spiro atoms. The molecule has 2 N–H and O–H groups in total. The molecule has 24 heavy (non-hydrogen) atoms. The quantitative estimate of drug-likeness (QED) is 0.773. The van der Waals surface area contributed by atoms with Gasteiger partial charge in [-0.1, -0.05) is 12.1 Å². The van der Waals surface area contributed by atoms with Gasteiger partial charge >= 0.3 is 6.03 Å². The van der Waals surface area contributed by atoms with Crippen molar-refractivity contribution in [3.63, 3.8) is 0 Å². The number of carbonyl (C=O) groups is 1. The molecule has 0 saturated heterocycles. The lowest BCUT2D eigenvalue weighted by molar-refractivity contribution is 0.249. The van der Waals surface area contributed by atoms with Crippen LogP contribution in [0.15, 0.2) is 61.2 Å². The van der Waals surface area contributed by atoms with Gasteiger partial charge in [-0.15, -0.1) is 0 Å². The number of rotatable bonds is 4. The first-order chi connectivity index (χ1) is 11.6. The van der Waals surface area contributed by atoms with E-state index >= 15 is 0 Å². The molecule has 0 aliphatic rings. The highest BCUT2D eigenvalue weighted by Crippen LogP contribution is 2.16. The van der Waals surface area contributed by atoms with E-state index in [9.17, 15) is 9.18 Å². The molecule has 122 valence electrons. The van der Waals surface area contributed by atoms with Gasteiger partial charge in [0.25, 0.3) is 0 Å². The summed E-state index contributed by atoms with van der Waals surface area (Å²) in [5.74, 6) is -0.580. The number of carbonyl (C=O) groups excluding carboxylic acids is 1. The number of hydrogen-bond acceptors (Lipinski definition) is 3. The third-order valence-electron chi connectivity index (χ3n) is 3.53. The molecule has 3 rings (SSSR count). The summed E-state index contributed by atoms with van der Waals surface area (Å²) >= 11 is 0. The van der Waals surface area contributed by atoms with E-state index in [0.717, 1.165) is 17.4 Å². The molecule has 7 heteroatoms. The molecule has 0 saturated carbocycles.